The van der Waals surface area contributed by atoms with Crippen molar-refractivity contribution in [2.45, 2.75) is 25.8 Å². The Morgan fingerprint density at radius 3 is 2.74 bits per heavy atom. The minimum Gasteiger partial charge on any atom is -0.352 e. The monoisotopic (exact) mass is 366 g/mol. The van der Waals surface area contributed by atoms with Crippen LogP contribution in [0.4, 0.5) is 4.39 Å². The van der Waals surface area contributed by atoms with Crippen LogP contribution in [-0.2, 0) is 11.3 Å². The van der Waals surface area contributed by atoms with Crippen molar-refractivity contribution in [3.8, 4) is 0 Å². The minimum atomic E-state index is -0.225. The van der Waals surface area contributed by atoms with Gasteiger partial charge in [-0.25, -0.2) is 4.39 Å². The smallest absolute Gasteiger partial charge is 0.224 e. The number of hydrogen-bond donors (Lipinski definition) is 1. The predicted molar refractivity (Wildman–Crippen MR) is 107 cm³/mol. The highest BCUT2D eigenvalue weighted by molar-refractivity contribution is 5.79. The Kier molecular flexibility index (Phi) is 6.40. The topological polar surface area (TPSA) is 32.3 Å². The number of nitrogens with zero attached hydrogens (tertiary/aromatic N) is 1. The van der Waals surface area contributed by atoms with Crippen LogP contribution in [-0.4, -0.2) is 30.4 Å². The molecular formula is C23H27FN2O. The lowest BCUT2D eigenvalue weighted by Crippen LogP contribution is -2.45. The second-order valence-electron chi connectivity index (χ2n) is 7.40. The van der Waals surface area contributed by atoms with Crippen molar-refractivity contribution >= 4 is 5.91 Å². The Bertz CT molecular complexity index is 787. The lowest BCUT2D eigenvalue weighted by molar-refractivity contribution is -0.126. The zero-order valence-electron chi connectivity index (χ0n) is 15.8. The molecule has 2 atom stereocenters. The number of likely N-dealkylation sites (tertiary alicyclic amines) is 1. The highest BCUT2D eigenvalue weighted by Crippen LogP contribution is 2.31. The summed E-state index contributed by atoms with van der Waals surface area (Å²) >= 11 is 0. The number of halogens is 1. The number of piperidine rings is 1. The zero-order valence-corrected chi connectivity index (χ0v) is 15.8. The number of aryl methyl sites for hydroxylation is 1. The first-order valence-corrected chi connectivity index (χ1v) is 9.47. The maximum absolute atomic E-state index is 13.2. The molecule has 2 aromatic rings. The van der Waals surface area contributed by atoms with E-state index in [1.165, 1.54) is 23.3 Å². The quantitative estimate of drug-likeness (QED) is 0.783. The highest BCUT2D eigenvalue weighted by Gasteiger charge is 2.32. The van der Waals surface area contributed by atoms with Crippen LogP contribution in [0.1, 0.15) is 29.0 Å². The molecule has 4 heteroatoms. The third-order valence-electron chi connectivity index (χ3n) is 5.15. The van der Waals surface area contributed by atoms with Crippen molar-refractivity contribution in [2.24, 2.45) is 5.92 Å². The van der Waals surface area contributed by atoms with Gasteiger partial charge in [0.1, 0.15) is 5.82 Å². The van der Waals surface area contributed by atoms with Gasteiger partial charge in [-0.3, -0.25) is 9.69 Å². The molecule has 1 heterocycles. The summed E-state index contributed by atoms with van der Waals surface area (Å²) in [6, 6.07) is 15.2. The van der Waals surface area contributed by atoms with Gasteiger partial charge in [-0.05, 0) is 42.5 Å². The van der Waals surface area contributed by atoms with E-state index in [1.54, 1.807) is 6.08 Å². The lowest BCUT2D eigenvalue weighted by Gasteiger charge is -2.37. The number of amides is 1. The number of rotatable bonds is 6. The number of carbonyl (C=O) groups excluding carboxylic acids is 1. The van der Waals surface area contributed by atoms with Gasteiger partial charge in [-0.15, -0.1) is 6.58 Å². The molecular weight excluding hydrogens is 339 g/mol. The van der Waals surface area contributed by atoms with Gasteiger partial charge in [-0.2, -0.15) is 0 Å². The van der Waals surface area contributed by atoms with Crippen LogP contribution in [0.2, 0.25) is 0 Å². The van der Waals surface area contributed by atoms with Crippen molar-refractivity contribution in [3.63, 3.8) is 0 Å². The van der Waals surface area contributed by atoms with E-state index in [4.69, 9.17) is 0 Å². The molecule has 0 aromatic heterocycles. The molecule has 142 valence electrons. The summed E-state index contributed by atoms with van der Waals surface area (Å²) in [5, 5.41) is 2.94. The fourth-order valence-electron chi connectivity index (χ4n) is 3.84. The molecule has 0 radical (unpaired) electrons. The van der Waals surface area contributed by atoms with Gasteiger partial charge in [0.2, 0.25) is 5.91 Å². The first kappa shape index (κ1) is 19.3. The third-order valence-corrected chi connectivity index (χ3v) is 5.15. The Morgan fingerprint density at radius 1 is 1.26 bits per heavy atom. The molecule has 1 amide bonds. The maximum atomic E-state index is 13.2. The maximum Gasteiger partial charge on any atom is 0.224 e. The third kappa shape index (κ3) is 5.27. The van der Waals surface area contributed by atoms with E-state index in [1.807, 2.05) is 12.1 Å². The van der Waals surface area contributed by atoms with Crippen LogP contribution in [0.5, 0.6) is 0 Å². The molecule has 1 fully saturated rings. The largest absolute Gasteiger partial charge is 0.352 e. The second-order valence-corrected chi connectivity index (χ2v) is 7.40. The average Bonchev–Trinajstić information content (AvgIpc) is 2.67. The second kappa shape index (κ2) is 8.96. The van der Waals surface area contributed by atoms with Gasteiger partial charge in [-0.1, -0.05) is 48.0 Å². The minimum absolute atomic E-state index is 0.0651. The first-order chi connectivity index (χ1) is 13.0. The average molecular weight is 366 g/mol. The van der Waals surface area contributed by atoms with Crippen LogP contribution >= 0.6 is 0 Å². The van der Waals surface area contributed by atoms with E-state index < -0.39 is 0 Å². The number of hydrogen-bond acceptors (Lipinski definition) is 2. The summed E-state index contributed by atoms with van der Waals surface area (Å²) in [5.74, 6) is 0.0938. The molecule has 1 aliphatic heterocycles. The molecule has 2 aromatic carbocycles. The van der Waals surface area contributed by atoms with Crippen molar-refractivity contribution in [1.29, 1.82) is 0 Å². The van der Waals surface area contributed by atoms with Crippen molar-refractivity contribution in [2.75, 3.05) is 19.6 Å². The Hall–Kier alpha value is -2.46. The van der Waals surface area contributed by atoms with Gasteiger partial charge in [0, 0.05) is 26.2 Å². The van der Waals surface area contributed by atoms with E-state index in [9.17, 15) is 9.18 Å². The highest BCUT2D eigenvalue weighted by atomic mass is 19.1. The van der Waals surface area contributed by atoms with Gasteiger partial charge >= 0.3 is 0 Å². The fourth-order valence-corrected chi connectivity index (χ4v) is 3.84. The van der Waals surface area contributed by atoms with Gasteiger partial charge in [0.15, 0.2) is 0 Å². The molecule has 0 aliphatic carbocycles. The van der Waals surface area contributed by atoms with Crippen LogP contribution in [0.25, 0.3) is 0 Å². The Morgan fingerprint density at radius 2 is 2.04 bits per heavy atom. The number of carbonyl (C=O) groups is 1. The van der Waals surface area contributed by atoms with Crippen LogP contribution < -0.4 is 5.32 Å². The summed E-state index contributed by atoms with van der Waals surface area (Å²) in [5.41, 5.74) is 3.57. The molecule has 27 heavy (non-hydrogen) atoms. The SMILES string of the molecule is C=CCNC(=O)[C@@H]1C[C@@H](c2cccc(C)c2)CN(Cc2ccc(F)cc2)C1. The van der Waals surface area contributed by atoms with Crippen molar-refractivity contribution < 1.29 is 9.18 Å². The van der Waals surface area contributed by atoms with Crippen LogP contribution in [0, 0.1) is 18.7 Å². The van der Waals surface area contributed by atoms with Crippen LogP contribution in [0.15, 0.2) is 61.2 Å². The molecule has 0 bridgehead atoms. The summed E-state index contributed by atoms with van der Waals surface area (Å²) in [6.07, 6.45) is 2.54. The van der Waals surface area contributed by atoms with Gasteiger partial charge < -0.3 is 5.32 Å². The Balaban J connectivity index is 1.78. The summed E-state index contributed by atoms with van der Waals surface area (Å²) in [4.78, 5) is 14.9. The standard InChI is InChI=1S/C23H27FN2O/c1-3-11-25-23(27)21-13-20(19-6-4-5-17(2)12-19)15-26(16-21)14-18-7-9-22(24)10-8-18/h3-10,12,20-21H,1,11,13-16H2,2H3,(H,25,27)/t20-,21-/m1/s1. The summed E-state index contributed by atoms with van der Waals surface area (Å²) < 4.78 is 13.2. The van der Waals surface area contributed by atoms with Crippen molar-refractivity contribution in [1.82, 2.24) is 10.2 Å². The number of nitrogens with one attached hydrogen (secondary N) is 1. The molecule has 1 aliphatic rings. The lowest BCUT2D eigenvalue weighted by atomic mass is 9.83. The molecule has 1 N–H and O–H groups in total. The molecule has 0 unspecified atom stereocenters. The van der Waals surface area contributed by atoms with E-state index in [0.29, 0.717) is 25.6 Å². The van der Waals surface area contributed by atoms with Gasteiger partial charge in [0.05, 0.1) is 5.92 Å². The molecule has 3 rings (SSSR count). The van der Waals surface area contributed by atoms with E-state index in [2.05, 4.69) is 48.0 Å². The molecule has 3 nitrogen and oxygen atoms in total. The number of benzene rings is 2. The van der Waals surface area contributed by atoms with Crippen LogP contribution in [0.3, 0.4) is 0 Å². The zero-order chi connectivity index (χ0) is 19.2. The van der Waals surface area contributed by atoms with Gasteiger partial charge in [0.25, 0.3) is 0 Å². The summed E-state index contributed by atoms with van der Waals surface area (Å²) in [6.45, 7) is 8.58. The van der Waals surface area contributed by atoms with Crippen molar-refractivity contribution in [3.05, 3.63) is 83.7 Å². The Labute approximate surface area is 160 Å². The molecule has 0 spiro atoms. The first-order valence-electron chi connectivity index (χ1n) is 9.47. The predicted octanol–water partition coefficient (Wildman–Crippen LogP) is 4.04. The molecule has 1 saturated heterocycles. The van der Waals surface area contributed by atoms with E-state index >= 15 is 0 Å². The van der Waals surface area contributed by atoms with E-state index in [-0.39, 0.29) is 17.6 Å². The molecule has 0 saturated carbocycles. The summed E-state index contributed by atoms with van der Waals surface area (Å²) in [7, 11) is 0. The normalized spacial score (nSPS) is 20.2. The van der Waals surface area contributed by atoms with E-state index in [0.717, 1.165) is 18.5 Å². The fraction of sp³-hybridized carbons (Fsp3) is 0.348.